The second-order valence-corrected chi connectivity index (χ2v) is 6.50. The van der Waals surface area contributed by atoms with E-state index in [1.807, 2.05) is 13.8 Å². The zero-order valence-corrected chi connectivity index (χ0v) is 12.2. The summed E-state index contributed by atoms with van der Waals surface area (Å²) in [6.45, 7) is 3.80. The number of rotatable bonds is 6. The molecular formula is C12H21N3O3S. The van der Waals surface area contributed by atoms with Crippen molar-refractivity contribution in [1.82, 2.24) is 4.72 Å². The molecule has 0 radical (unpaired) electrons. The lowest BCUT2D eigenvalue weighted by molar-refractivity contribution is 0.249. The van der Waals surface area contributed by atoms with Crippen LogP contribution in [-0.2, 0) is 10.0 Å². The van der Waals surface area contributed by atoms with E-state index >= 15 is 0 Å². The van der Waals surface area contributed by atoms with Crippen LogP contribution in [0.25, 0.3) is 0 Å². The normalized spacial score (nSPS) is 13.5. The number of nitrogens with one attached hydrogen (secondary N) is 2. The van der Waals surface area contributed by atoms with Gasteiger partial charge in [0.1, 0.15) is 4.90 Å². The summed E-state index contributed by atoms with van der Waals surface area (Å²) >= 11 is 0. The van der Waals surface area contributed by atoms with Crippen LogP contribution in [0.15, 0.2) is 23.1 Å². The number of hydrogen-bond acceptors (Lipinski definition) is 5. The molecule has 19 heavy (non-hydrogen) atoms. The Bertz CT molecular complexity index is 529. The predicted octanol–water partition coefficient (Wildman–Crippen LogP) is 0.606. The van der Waals surface area contributed by atoms with Crippen molar-refractivity contribution in [1.29, 1.82) is 0 Å². The molecule has 6 nitrogen and oxygen atoms in total. The minimum Gasteiger partial charge on any atom is -0.399 e. The highest BCUT2D eigenvalue weighted by Crippen LogP contribution is 2.25. The molecule has 5 N–H and O–H groups in total. The van der Waals surface area contributed by atoms with E-state index in [4.69, 9.17) is 5.73 Å². The summed E-state index contributed by atoms with van der Waals surface area (Å²) in [6.07, 6.45) is 0. The Hall–Kier alpha value is -1.31. The zero-order valence-electron chi connectivity index (χ0n) is 11.3. The van der Waals surface area contributed by atoms with Crippen LogP contribution in [0.2, 0.25) is 0 Å². The second kappa shape index (κ2) is 6.23. The van der Waals surface area contributed by atoms with Gasteiger partial charge in [0, 0.05) is 5.69 Å². The van der Waals surface area contributed by atoms with Gasteiger partial charge in [-0.05, 0) is 31.2 Å². The van der Waals surface area contributed by atoms with Crippen LogP contribution in [-0.4, -0.2) is 33.2 Å². The SMILES string of the molecule is CNS(=O)(=O)c1cc(N)ccc1NC(CO)C(C)C. The van der Waals surface area contributed by atoms with E-state index in [1.54, 1.807) is 12.1 Å². The third kappa shape index (κ3) is 3.82. The van der Waals surface area contributed by atoms with Gasteiger partial charge in [-0.1, -0.05) is 13.8 Å². The van der Waals surface area contributed by atoms with Gasteiger partial charge in [0.25, 0.3) is 0 Å². The smallest absolute Gasteiger partial charge is 0.242 e. The van der Waals surface area contributed by atoms with Crippen molar-refractivity contribution < 1.29 is 13.5 Å². The molecule has 1 rings (SSSR count). The van der Waals surface area contributed by atoms with Crippen molar-refractivity contribution >= 4 is 21.4 Å². The summed E-state index contributed by atoms with van der Waals surface area (Å²) < 4.78 is 26.1. The Morgan fingerprint density at radius 1 is 1.37 bits per heavy atom. The number of aliphatic hydroxyl groups is 1. The number of hydrogen-bond donors (Lipinski definition) is 4. The quantitative estimate of drug-likeness (QED) is 0.574. The van der Waals surface area contributed by atoms with Gasteiger partial charge in [-0.3, -0.25) is 0 Å². The number of benzene rings is 1. The van der Waals surface area contributed by atoms with E-state index in [-0.39, 0.29) is 23.5 Å². The molecule has 0 heterocycles. The van der Waals surface area contributed by atoms with E-state index in [0.717, 1.165) is 0 Å². The third-order valence-electron chi connectivity index (χ3n) is 2.91. The molecule has 1 aromatic carbocycles. The lowest BCUT2D eigenvalue weighted by Gasteiger charge is -2.23. The highest BCUT2D eigenvalue weighted by Gasteiger charge is 2.20. The Morgan fingerprint density at radius 3 is 2.47 bits per heavy atom. The Morgan fingerprint density at radius 2 is 2.00 bits per heavy atom. The van der Waals surface area contributed by atoms with Gasteiger partial charge < -0.3 is 16.2 Å². The molecular weight excluding hydrogens is 266 g/mol. The highest BCUT2D eigenvalue weighted by atomic mass is 32.2. The van der Waals surface area contributed by atoms with Crippen LogP contribution in [0, 0.1) is 5.92 Å². The first-order valence-electron chi connectivity index (χ1n) is 6.02. The largest absolute Gasteiger partial charge is 0.399 e. The lowest BCUT2D eigenvalue weighted by atomic mass is 10.1. The first-order valence-corrected chi connectivity index (χ1v) is 7.50. The molecule has 0 bridgehead atoms. The molecule has 1 unspecified atom stereocenters. The summed E-state index contributed by atoms with van der Waals surface area (Å²) in [6, 6.07) is 4.38. The van der Waals surface area contributed by atoms with Gasteiger partial charge >= 0.3 is 0 Å². The molecule has 0 aliphatic heterocycles. The van der Waals surface area contributed by atoms with Gasteiger partial charge in [0.15, 0.2) is 0 Å². The number of sulfonamides is 1. The minimum absolute atomic E-state index is 0.0779. The topological polar surface area (TPSA) is 104 Å². The van der Waals surface area contributed by atoms with Crippen molar-refractivity contribution in [3.8, 4) is 0 Å². The molecule has 0 aliphatic rings. The maximum Gasteiger partial charge on any atom is 0.242 e. The summed E-state index contributed by atoms with van der Waals surface area (Å²) in [5.41, 5.74) is 6.42. The molecule has 0 saturated heterocycles. The molecule has 0 fully saturated rings. The fourth-order valence-corrected chi connectivity index (χ4v) is 2.54. The fraction of sp³-hybridized carbons (Fsp3) is 0.500. The third-order valence-corrected chi connectivity index (χ3v) is 4.36. The second-order valence-electron chi connectivity index (χ2n) is 4.64. The standard InChI is InChI=1S/C12H21N3O3S/c1-8(2)11(7-16)15-10-5-4-9(13)6-12(10)19(17,18)14-3/h4-6,8,11,14-16H,7,13H2,1-3H3. The minimum atomic E-state index is -3.61. The van der Waals surface area contributed by atoms with Gasteiger partial charge in [0.2, 0.25) is 10.0 Å². The Kier molecular flexibility index (Phi) is 5.16. The lowest BCUT2D eigenvalue weighted by Crippen LogP contribution is -2.31. The van der Waals surface area contributed by atoms with Crippen molar-refractivity contribution in [2.24, 2.45) is 5.92 Å². The number of anilines is 2. The van der Waals surface area contributed by atoms with E-state index in [9.17, 15) is 13.5 Å². The Balaban J connectivity index is 3.21. The van der Waals surface area contributed by atoms with Gasteiger partial charge in [-0.15, -0.1) is 0 Å². The van der Waals surface area contributed by atoms with Crippen molar-refractivity contribution in [3.63, 3.8) is 0 Å². The summed E-state index contributed by atoms with van der Waals surface area (Å²) in [5, 5.41) is 12.4. The fourth-order valence-electron chi connectivity index (χ4n) is 1.61. The Labute approximate surface area is 114 Å². The molecule has 0 aromatic heterocycles. The van der Waals surface area contributed by atoms with Gasteiger partial charge in [-0.2, -0.15) is 0 Å². The van der Waals surface area contributed by atoms with E-state index in [0.29, 0.717) is 11.4 Å². The zero-order chi connectivity index (χ0) is 14.6. The average molecular weight is 287 g/mol. The van der Waals surface area contributed by atoms with Crippen molar-refractivity contribution in [2.45, 2.75) is 24.8 Å². The predicted molar refractivity (Wildman–Crippen MR) is 76.4 cm³/mol. The first-order chi connectivity index (χ1) is 8.81. The van der Waals surface area contributed by atoms with Crippen LogP contribution in [0.5, 0.6) is 0 Å². The summed E-state index contributed by atoms with van der Waals surface area (Å²) in [4.78, 5) is 0.0779. The monoisotopic (exact) mass is 287 g/mol. The number of aliphatic hydroxyl groups excluding tert-OH is 1. The van der Waals surface area contributed by atoms with Gasteiger partial charge in [-0.25, -0.2) is 13.1 Å². The molecule has 0 saturated carbocycles. The molecule has 0 spiro atoms. The van der Waals surface area contributed by atoms with Crippen LogP contribution < -0.4 is 15.8 Å². The van der Waals surface area contributed by atoms with Crippen LogP contribution in [0.1, 0.15) is 13.8 Å². The average Bonchev–Trinajstić information content (AvgIpc) is 2.36. The van der Waals surface area contributed by atoms with Crippen LogP contribution >= 0.6 is 0 Å². The first kappa shape index (κ1) is 15.7. The molecule has 1 atom stereocenters. The molecule has 0 amide bonds. The van der Waals surface area contributed by atoms with E-state index in [2.05, 4.69) is 10.0 Å². The molecule has 7 heteroatoms. The molecule has 108 valence electrons. The van der Waals surface area contributed by atoms with Crippen molar-refractivity contribution in [3.05, 3.63) is 18.2 Å². The number of nitrogens with two attached hydrogens (primary N) is 1. The maximum atomic E-state index is 11.9. The van der Waals surface area contributed by atoms with E-state index < -0.39 is 10.0 Å². The summed E-state index contributed by atoms with van der Waals surface area (Å²) in [7, 11) is -2.26. The van der Waals surface area contributed by atoms with Crippen molar-refractivity contribution in [2.75, 3.05) is 24.7 Å². The number of nitrogen functional groups attached to an aromatic ring is 1. The van der Waals surface area contributed by atoms with Crippen LogP contribution in [0.3, 0.4) is 0 Å². The van der Waals surface area contributed by atoms with E-state index in [1.165, 1.54) is 13.1 Å². The summed E-state index contributed by atoms with van der Waals surface area (Å²) in [5.74, 6) is 0.160. The maximum absolute atomic E-state index is 11.9. The molecule has 1 aromatic rings. The van der Waals surface area contributed by atoms with Crippen LogP contribution in [0.4, 0.5) is 11.4 Å². The highest BCUT2D eigenvalue weighted by molar-refractivity contribution is 7.89. The molecule has 0 aliphatic carbocycles. The van der Waals surface area contributed by atoms with Gasteiger partial charge in [0.05, 0.1) is 18.3 Å².